The Balaban J connectivity index is 1.95. The third-order valence-corrected chi connectivity index (χ3v) is 5.62. The van der Waals surface area contributed by atoms with Crippen LogP contribution in [0.3, 0.4) is 0 Å². The lowest BCUT2D eigenvalue weighted by Gasteiger charge is -2.27. The van der Waals surface area contributed by atoms with E-state index < -0.39 is 0 Å². The molecule has 0 bridgehead atoms. The number of carbonyl (C=O) groups is 1. The number of likely N-dealkylation sites (tertiary alicyclic amines) is 1. The number of amides is 1. The molecule has 1 aromatic rings. The van der Waals surface area contributed by atoms with Crippen molar-refractivity contribution in [2.24, 2.45) is 4.99 Å². The molecule has 3 rings (SSSR count). The van der Waals surface area contributed by atoms with Crippen molar-refractivity contribution in [3.8, 4) is 0 Å². The zero-order valence-corrected chi connectivity index (χ0v) is 17.0. The predicted molar refractivity (Wildman–Crippen MR) is 108 cm³/mol. The van der Waals surface area contributed by atoms with E-state index in [0.717, 1.165) is 66.9 Å². The lowest BCUT2D eigenvalue weighted by Crippen LogP contribution is -2.34. The molecule has 0 radical (unpaired) electrons. The molecule has 1 amide bonds. The van der Waals surface area contributed by atoms with Crippen LogP contribution in [0, 0.1) is 0 Å². The number of nitrogens with zero attached hydrogens (tertiary/aromatic N) is 2. The fourth-order valence-corrected chi connectivity index (χ4v) is 3.85. The molecule has 2 heterocycles. The van der Waals surface area contributed by atoms with Crippen molar-refractivity contribution in [3.63, 3.8) is 0 Å². The summed E-state index contributed by atoms with van der Waals surface area (Å²) in [5, 5.41) is 3.51. The van der Waals surface area contributed by atoms with E-state index in [4.69, 9.17) is 4.42 Å². The Labute approximate surface area is 162 Å². The second-order valence-electron chi connectivity index (χ2n) is 8.07. The van der Waals surface area contributed by atoms with Crippen molar-refractivity contribution in [2.45, 2.75) is 71.4 Å². The third kappa shape index (κ3) is 4.02. The van der Waals surface area contributed by atoms with Crippen molar-refractivity contribution in [2.75, 3.05) is 6.54 Å². The van der Waals surface area contributed by atoms with Crippen molar-refractivity contribution < 1.29 is 9.21 Å². The molecule has 0 spiro atoms. The van der Waals surface area contributed by atoms with Crippen LogP contribution in [0.1, 0.15) is 71.6 Å². The van der Waals surface area contributed by atoms with Gasteiger partial charge in [0.2, 0.25) is 0 Å². The second kappa shape index (κ2) is 7.75. The zero-order chi connectivity index (χ0) is 19.6. The van der Waals surface area contributed by atoms with Gasteiger partial charge in [0.15, 0.2) is 0 Å². The van der Waals surface area contributed by atoms with E-state index in [1.807, 2.05) is 30.9 Å². The first kappa shape index (κ1) is 19.5. The number of hydrogen-bond acceptors (Lipinski definition) is 4. The molecular formula is C22H31N3O2. The Morgan fingerprint density at radius 1 is 1.44 bits per heavy atom. The summed E-state index contributed by atoms with van der Waals surface area (Å²) in [4.78, 5) is 19.8. The number of nitrogens with one attached hydrogen (secondary N) is 1. The Bertz CT molecular complexity index is 765. The van der Waals surface area contributed by atoms with Gasteiger partial charge in [-0.1, -0.05) is 12.5 Å². The van der Waals surface area contributed by atoms with Crippen LogP contribution in [0.4, 0.5) is 0 Å². The molecule has 1 unspecified atom stereocenters. The summed E-state index contributed by atoms with van der Waals surface area (Å²) in [6, 6.07) is 3.85. The molecule has 2 fully saturated rings. The van der Waals surface area contributed by atoms with Gasteiger partial charge >= 0.3 is 0 Å². The molecule has 1 aliphatic heterocycles. The summed E-state index contributed by atoms with van der Waals surface area (Å²) in [6.45, 7) is 12.8. The van der Waals surface area contributed by atoms with Crippen LogP contribution in [0.15, 0.2) is 50.3 Å². The zero-order valence-electron chi connectivity index (χ0n) is 17.0. The fraction of sp³-hybridized carbons (Fsp3) is 0.545. The van der Waals surface area contributed by atoms with Crippen LogP contribution < -0.4 is 5.32 Å². The highest BCUT2D eigenvalue weighted by Gasteiger charge is 2.39. The highest BCUT2D eigenvalue weighted by molar-refractivity contribution is 5.99. The van der Waals surface area contributed by atoms with Crippen LogP contribution >= 0.6 is 0 Å². The first-order valence-electron chi connectivity index (χ1n) is 9.90. The minimum absolute atomic E-state index is 0.00834. The third-order valence-electron chi connectivity index (χ3n) is 5.62. The first-order valence-corrected chi connectivity index (χ1v) is 9.90. The fourth-order valence-electron chi connectivity index (χ4n) is 3.85. The van der Waals surface area contributed by atoms with Crippen LogP contribution in [-0.4, -0.2) is 29.6 Å². The molecule has 1 saturated heterocycles. The topological polar surface area (TPSA) is 57.8 Å². The quantitative estimate of drug-likeness (QED) is 0.429. The van der Waals surface area contributed by atoms with Gasteiger partial charge in [-0.25, -0.2) is 4.99 Å². The van der Waals surface area contributed by atoms with E-state index in [2.05, 4.69) is 30.9 Å². The summed E-state index contributed by atoms with van der Waals surface area (Å²) in [7, 11) is 0. The van der Waals surface area contributed by atoms with Gasteiger partial charge in [-0.3, -0.25) is 4.79 Å². The monoisotopic (exact) mass is 369 g/mol. The van der Waals surface area contributed by atoms with E-state index >= 15 is 0 Å². The second-order valence-corrected chi connectivity index (χ2v) is 8.07. The molecule has 1 aromatic heterocycles. The van der Waals surface area contributed by atoms with Crippen molar-refractivity contribution in [3.05, 3.63) is 46.7 Å². The summed E-state index contributed by atoms with van der Waals surface area (Å²) < 4.78 is 5.60. The van der Waals surface area contributed by atoms with Crippen LogP contribution in [0.2, 0.25) is 0 Å². The summed E-state index contributed by atoms with van der Waals surface area (Å²) in [6.07, 6.45) is 6.56. The largest absolute Gasteiger partial charge is 0.467 e. The van der Waals surface area contributed by atoms with Crippen molar-refractivity contribution >= 4 is 12.6 Å². The molecule has 1 aliphatic carbocycles. The van der Waals surface area contributed by atoms with E-state index in [1.165, 1.54) is 0 Å². The Morgan fingerprint density at radius 2 is 2.19 bits per heavy atom. The molecule has 1 saturated carbocycles. The SMILES string of the molecule is C=N/C(NC1(C)CC1)=C(\CC)C(C(=O)N1CCCC1c1ccco1)=C(C)C. The molecular weight excluding hydrogens is 338 g/mol. The predicted octanol–water partition coefficient (Wildman–Crippen LogP) is 4.74. The molecule has 1 N–H and O–H groups in total. The Morgan fingerprint density at radius 3 is 2.70 bits per heavy atom. The summed E-state index contributed by atoms with van der Waals surface area (Å²) in [5.74, 6) is 1.67. The van der Waals surface area contributed by atoms with Gasteiger partial charge in [-0.05, 0) is 71.7 Å². The van der Waals surface area contributed by atoms with Gasteiger partial charge < -0.3 is 14.6 Å². The maximum atomic E-state index is 13.6. The molecule has 2 aliphatic rings. The highest BCUT2D eigenvalue weighted by Crippen LogP contribution is 2.38. The van der Waals surface area contributed by atoms with Gasteiger partial charge in [-0.2, -0.15) is 0 Å². The van der Waals surface area contributed by atoms with Crippen molar-refractivity contribution in [1.29, 1.82) is 0 Å². The average molecular weight is 370 g/mol. The number of carbonyl (C=O) groups excluding carboxylic acids is 1. The lowest BCUT2D eigenvalue weighted by molar-refractivity contribution is -0.128. The van der Waals surface area contributed by atoms with Gasteiger partial charge in [0.1, 0.15) is 11.6 Å². The number of hydrogen-bond donors (Lipinski definition) is 1. The van der Waals surface area contributed by atoms with Gasteiger partial charge in [0.25, 0.3) is 5.91 Å². The number of allylic oxidation sites excluding steroid dienone is 1. The smallest absolute Gasteiger partial charge is 0.254 e. The van der Waals surface area contributed by atoms with Crippen molar-refractivity contribution in [1.82, 2.24) is 10.2 Å². The summed E-state index contributed by atoms with van der Waals surface area (Å²) >= 11 is 0. The standard InChI is InChI=1S/C22H31N3O2/c1-6-16(20(23-5)24-22(4)11-12-22)19(15(2)3)21(26)25-13-7-9-17(25)18-10-8-14-27-18/h8,10,14,17,24H,5-7,9,11-13H2,1-4H3/b20-16-. The summed E-state index contributed by atoms with van der Waals surface area (Å²) in [5.41, 5.74) is 2.80. The van der Waals surface area contributed by atoms with Gasteiger partial charge in [0, 0.05) is 23.2 Å². The van der Waals surface area contributed by atoms with Crippen LogP contribution in [0.5, 0.6) is 0 Å². The van der Waals surface area contributed by atoms with E-state index in [9.17, 15) is 4.79 Å². The normalized spacial score (nSPS) is 21.5. The molecule has 27 heavy (non-hydrogen) atoms. The molecule has 5 heteroatoms. The average Bonchev–Trinajstić information content (AvgIpc) is 3.08. The highest BCUT2D eigenvalue weighted by atomic mass is 16.3. The van der Waals surface area contributed by atoms with E-state index in [-0.39, 0.29) is 17.5 Å². The Hall–Kier alpha value is -2.30. The molecule has 1 atom stereocenters. The Kier molecular flexibility index (Phi) is 5.59. The van der Waals surface area contributed by atoms with E-state index in [1.54, 1.807) is 6.26 Å². The number of rotatable bonds is 7. The van der Waals surface area contributed by atoms with Crippen LogP contribution in [0.25, 0.3) is 0 Å². The van der Waals surface area contributed by atoms with Gasteiger partial charge in [0.05, 0.1) is 12.3 Å². The maximum absolute atomic E-state index is 13.6. The van der Waals surface area contributed by atoms with Crippen LogP contribution in [-0.2, 0) is 4.79 Å². The van der Waals surface area contributed by atoms with E-state index in [0.29, 0.717) is 0 Å². The number of aliphatic imine (C=N–C) groups is 1. The minimum atomic E-state index is 0.00834. The van der Waals surface area contributed by atoms with Gasteiger partial charge in [-0.15, -0.1) is 0 Å². The molecule has 0 aromatic carbocycles. The first-order chi connectivity index (χ1) is 12.9. The maximum Gasteiger partial charge on any atom is 0.254 e. The number of furan rings is 1. The lowest BCUT2D eigenvalue weighted by atomic mass is 9.96. The molecule has 146 valence electrons. The molecule has 5 nitrogen and oxygen atoms in total. The minimum Gasteiger partial charge on any atom is -0.467 e.